The van der Waals surface area contributed by atoms with Gasteiger partial charge in [-0.3, -0.25) is 9.36 Å². The average molecular weight is 549 g/mol. The van der Waals surface area contributed by atoms with Crippen LogP contribution in [-0.4, -0.2) is 49.7 Å². The Hall–Kier alpha value is -4.79. The lowest BCUT2D eigenvalue weighted by molar-refractivity contribution is 0.0600. The van der Waals surface area contributed by atoms with Gasteiger partial charge in [-0.05, 0) is 42.5 Å². The normalized spacial score (nSPS) is 12.1. The summed E-state index contributed by atoms with van der Waals surface area (Å²) in [5.74, 6) is 0.864. The van der Waals surface area contributed by atoms with Gasteiger partial charge in [0.1, 0.15) is 11.6 Å². The van der Waals surface area contributed by atoms with Gasteiger partial charge in [-0.2, -0.15) is 10.2 Å². The minimum atomic E-state index is -0.406. The number of hydrogen-bond acceptors (Lipinski definition) is 7. The Morgan fingerprint density at radius 1 is 1.00 bits per heavy atom. The number of nitrogens with zero attached hydrogens (tertiary/aromatic N) is 6. The van der Waals surface area contributed by atoms with Crippen LogP contribution in [0.2, 0.25) is 0 Å². The number of rotatable bonds is 8. The van der Waals surface area contributed by atoms with Gasteiger partial charge in [0.25, 0.3) is 0 Å². The minimum absolute atomic E-state index is 0.406. The number of benzene rings is 2. The second kappa shape index (κ2) is 11.0. The van der Waals surface area contributed by atoms with Gasteiger partial charge in [-0.15, -0.1) is 0 Å². The molecular formula is C32H32N6O3. The minimum Gasteiger partial charge on any atom is -0.496 e. The van der Waals surface area contributed by atoms with Crippen LogP contribution in [0.1, 0.15) is 46.3 Å². The molecule has 0 unspecified atom stereocenters. The first-order valence-corrected chi connectivity index (χ1v) is 13.8. The van der Waals surface area contributed by atoms with E-state index >= 15 is 0 Å². The molecule has 2 aromatic carbocycles. The summed E-state index contributed by atoms with van der Waals surface area (Å²) in [6, 6.07) is 13.9. The molecule has 1 aliphatic carbocycles. The van der Waals surface area contributed by atoms with Crippen LogP contribution in [-0.2, 0) is 37.6 Å². The van der Waals surface area contributed by atoms with Crippen molar-refractivity contribution in [2.45, 2.75) is 39.2 Å². The molecule has 3 aromatic heterocycles. The van der Waals surface area contributed by atoms with Crippen LogP contribution in [0.5, 0.6) is 5.75 Å². The number of ether oxygens (including phenoxy) is 2. The lowest BCUT2D eigenvalue weighted by atomic mass is 9.91. The predicted octanol–water partition coefficient (Wildman–Crippen LogP) is 5.30. The number of hydrogen-bond donors (Lipinski definition) is 0. The number of carbonyl (C=O) groups is 1. The standard InChI is InChI=1S/C32H32N6O3/c1-5-14-38-19-25(18-34-38)20-6-8-21(9-7-20)31-29-26(36-37(31)2)13-12-24-17-33-28(35-30(24)29)16-22-10-11-23(32(39)41-4)15-27(22)40-3/h6-11,15,17-19H,5,12-14,16H2,1-4H3. The van der Waals surface area contributed by atoms with Gasteiger partial charge in [0.15, 0.2) is 0 Å². The van der Waals surface area contributed by atoms with Gasteiger partial charge in [0.05, 0.1) is 43.1 Å². The molecule has 0 amide bonds. The number of methoxy groups -OCH3 is 2. The van der Waals surface area contributed by atoms with Gasteiger partial charge < -0.3 is 9.47 Å². The van der Waals surface area contributed by atoms with Crippen LogP contribution >= 0.6 is 0 Å². The molecule has 208 valence electrons. The van der Waals surface area contributed by atoms with E-state index in [2.05, 4.69) is 47.5 Å². The summed E-state index contributed by atoms with van der Waals surface area (Å²) in [7, 11) is 4.94. The fourth-order valence-corrected chi connectivity index (χ4v) is 5.51. The Morgan fingerprint density at radius 2 is 1.80 bits per heavy atom. The summed E-state index contributed by atoms with van der Waals surface area (Å²) in [6.45, 7) is 3.06. The number of fused-ring (bicyclic) bond motifs is 3. The lowest BCUT2D eigenvalue weighted by Gasteiger charge is -2.17. The van der Waals surface area contributed by atoms with Crippen LogP contribution < -0.4 is 4.74 Å². The highest BCUT2D eigenvalue weighted by atomic mass is 16.5. The zero-order chi connectivity index (χ0) is 28.5. The van der Waals surface area contributed by atoms with E-state index in [1.807, 2.05) is 34.9 Å². The molecule has 41 heavy (non-hydrogen) atoms. The Bertz CT molecular complexity index is 1740. The van der Waals surface area contributed by atoms with Gasteiger partial charge in [-0.1, -0.05) is 37.3 Å². The average Bonchev–Trinajstić information content (AvgIpc) is 3.61. The Kier molecular flexibility index (Phi) is 7.09. The summed E-state index contributed by atoms with van der Waals surface area (Å²) in [5.41, 5.74) is 9.83. The van der Waals surface area contributed by atoms with Gasteiger partial charge in [0, 0.05) is 54.7 Å². The third-order valence-corrected chi connectivity index (χ3v) is 7.54. The first-order valence-electron chi connectivity index (χ1n) is 13.8. The van der Waals surface area contributed by atoms with E-state index in [1.165, 1.54) is 7.11 Å². The number of aryl methyl sites for hydroxylation is 4. The van der Waals surface area contributed by atoms with Crippen LogP contribution in [0.25, 0.3) is 33.6 Å². The van der Waals surface area contributed by atoms with E-state index in [0.29, 0.717) is 23.6 Å². The van der Waals surface area contributed by atoms with Crippen molar-refractivity contribution in [2.24, 2.45) is 7.05 Å². The van der Waals surface area contributed by atoms with E-state index in [0.717, 1.165) is 76.3 Å². The zero-order valence-electron chi connectivity index (χ0n) is 23.7. The fourth-order valence-electron chi connectivity index (χ4n) is 5.51. The first kappa shape index (κ1) is 26.4. The second-order valence-electron chi connectivity index (χ2n) is 10.2. The van der Waals surface area contributed by atoms with Crippen molar-refractivity contribution in [3.63, 3.8) is 0 Å². The zero-order valence-corrected chi connectivity index (χ0v) is 23.7. The molecular weight excluding hydrogens is 516 g/mol. The smallest absolute Gasteiger partial charge is 0.337 e. The number of carbonyl (C=O) groups excluding carboxylic acids is 1. The van der Waals surface area contributed by atoms with E-state index in [1.54, 1.807) is 19.2 Å². The SMILES string of the molecule is CCCn1cc(-c2ccc(-c3c4c(nn3C)CCc3cnc(Cc5ccc(C(=O)OC)cc5OC)nc3-4)cc2)cn1. The summed E-state index contributed by atoms with van der Waals surface area (Å²) in [5, 5.41) is 9.36. The Balaban J connectivity index is 1.34. The topological polar surface area (TPSA) is 97.0 Å². The molecule has 0 saturated carbocycles. The second-order valence-corrected chi connectivity index (χ2v) is 10.2. The molecule has 3 heterocycles. The van der Waals surface area contributed by atoms with Gasteiger partial charge in [-0.25, -0.2) is 14.8 Å². The van der Waals surface area contributed by atoms with Crippen LogP contribution in [0.3, 0.4) is 0 Å². The molecule has 0 radical (unpaired) electrons. The lowest BCUT2D eigenvalue weighted by Crippen LogP contribution is -2.09. The maximum Gasteiger partial charge on any atom is 0.337 e. The highest BCUT2D eigenvalue weighted by Crippen LogP contribution is 2.40. The van der Waals surface area contributed by atoms with E-state index in [-0.39, 0.29) is 0 Å². The summed E-state index contributed by atoms with van der Waals surface area (Å²) < 4.78 is 14.4. The highest BCUT2D eigenvalue weighted by Gasteiger charge is 2.27. The van der Waals surface area contributed by atoms with Gasteiger partial charge >= 0.3 is 5.97 Å². The van der Waals surface area contributed by atoms with Crippen molar-refractivity contribution in [3.05, 3.63) is 89.3 Å². The third-order valence-electron chi connectivity index (χ3n) is 7.54. The number of esters is 1. The molecule has 0 saturated heterocycles. The van der Waals surface area contributed by atoms with Crippen LogP contribution in [0.15, 0.2) is 61.1 Å². The Labute approximate surface area is 238 Å². The van der Waals surface area contributed by atoms with Crippen molar-refractivity contribution in [1.29, 1.82) is 0 Å². The molecule has 1 aliphatic rings. The summed E-state index contributed by atoms with van der Waals surface area (Å²) in [6.07, 6.45) is 9.15. The molecule has 5 aromatic rings. The largest absolute Gasteiger partial charge is 0.496 e. The van der Waals surface area contributed by atoms with Crippen molar-refractivity contribution < 1.29 is 14.3 Å². The number of aromatic nitrogens is 6. The molecule has 0 N–H and O–H groups in total. The fraction of sp³-hybridized carbons (Fsp3) is 0.281. The van der Waals surface area contributed by atoms with E-state index in [4.69, 9.17) is 19.6 Å². The molecule has 0 aliphatic heterocycles. The van der Waals surface area contributed by atoms with E-state index < -0.39 is 5.97 Å². The van der Waals surface area contributed by atoms with Crippen molar-refractivity contribution >= 4 is 5.97 Å². The van der Waals surface area contributed by atoms with Crippen LogP contribution in [0, 0.1) is 0 Å². The molecule has 6 rings (SSSR count). The summed E-state index contributed by atoms with van der Waals surface area (Å²) in [4.78, 5) is 21.7. The quantitative estimate of drug-likeness (QED) is 0.243. The maximum absolute atomic E-state index is 12.0. The molecule has 0 atom stereocenters. The molecule has 0 spiro atoms. The summed E-state index contributed by atoms with van der Waals surface area (Å²) >= 11 is 0. The molecule has 9 nitrogen and oxygen atoms in total. The first-order chi connectivity index (χ1) is 20.0. The molecule has 0 fully saturated rings. The van der Waals surface area contributed by atoms with Crippen LogP contribution in [0.4, 0.5) is 0 Å². The maximum atomic E-state index is 12.0. The predicted molar refractivity (Wildman–Crippen MR) is 156 cm³/mol. The molecule has 0 bridgehead atoms. The molecule has 9 heteroatoms. The third kappa shape index (κ3) is 4.99. The highest BCUT2D eigenvalue weighted by molar-refractivity contribution is 5.90. The van der Waals surface area contributed by atoms with Crippen molar-refractivity contribution in [3.8, 4) is 39.4 Å². The van der Waals surface area contributed by atoms with Crippen molar-refractivity contribution in [1.82, 2.24) is 29.5 Å². The van der Waals surface area contributed by atoms with Gasteiger partial charge in [0.2, 0.25) is 0 Å². The van der Waals surface area contributed by atoms with E-state index in [9.17, 15) is 4.79 Å². The monoisotopic (exact) mass is 548 g/mol. The Morgan fingerprint density at radius 3 is 2.56 bits per heavy atom. The van der Waals surface area contributed by atoms with Crippen molar-refractivity contribution in [2.75, 3.05) is 14.2 Å².